The van der Waals surface area contributed by atoms with Crippen LogP contribution in [0.1, 0.15) is 16.1 Å². The summed E-state index contributed by atoms with van der Waals surface area (Å²) in [6, 6.07) is 7.49. The molecular formula is C12H12ClN3S. The van der Waals surface area contributed by atoms with Gasteiger partial charge in [-0.2, -0.15) is 5.10 Å². The fraction of sp³-hybridized carbons (Fsp3) is 0.167. The van der Waals surface area contributed by atoms with Crippen molar-refractivity contribution in [1.82, 2.24) is 4.98 Å². The number of hydrogen-bond donors (Lipinski definition) is 1. The summed E-state index contributed by atoms with van der Waals surface area (Å²) >= 11 is 7.39. The quantitative estimate of drug-likeness (QED) is 0.676. The summed E-state index contributed by atoms with van der Waals surface area (Å²) in [5.74, 6) is 0. The van der Waals surface area contributed by atoms with Gasteiger partial charge in [0.05, 0.1) is 11.9 Å². The van der Waals surface area contributed by atoms with E-state index in [1.165, 1.54) is 4.88 Å². The van der Waals surface area contributed by atoms with Crippen molar-refractivity contribution in [3.8, 4) is 0 Å². The summed E-state index contributed by atoms with van der Waals surface area (Å²) in [5, 5.41) is 5.66. The van der Waals surface area contributed by atoms with Gasteiger partial charge < -0.3 is 0 Å². The van der Waals surface area contributed by atoms with E-state index in [9.17, 15) is 0 Å². The second kappa shape index (κ2) is 5.29. The SMILES string of the molecule is Cc1nc(NN=Cc2ccc(Cl)cc2)sc1C. The van der Waals surface area contributed by atoms with Gasteiger partial charge in [-0.25, -0.2) is 4.98 Å². The zero-order valence-corrected chi connectivity index (χ0v) is 11.1. The number of hydrazone groups is 1. The molecule has 0 aliphatic carbocycles. The molecule has 0 aliphatic rings. The van der Waals surface area contributed by atoms with Gasteiger partial charge >= 0.3 is 0 Å². The highest BCUT2D eigenvalue weighted by Gasteiger charge is 2.00. The topological polar surface area (TPSA) is 37.3 Å². The van der Waals surface area contributed by atoms with Crippen molar-refractivity contribution >= 4 is 34.3 Å². The Morgan fingerprint density at radius 2 is 2.00 bits per heavy atom. The van der Waals surface area contributed by atoms with Crippen LogP contribution in [0.15, 0.2) is 29.4 Å². The van der Waals surface area contributed by atoms with Crippen LogP contribution in [0, 0.1) is 13.8 Å². The van der Waals surface area contributed by atoms with Gasteiger partial charge in [-0.3, -0.25) is 5.43 Å². The van der Waals surface area contributed by atoms with Crippen LogP contribution in [0.25, 0.3) is 0 Å². The third-order valence-electron chi connectivity index (χ3n) is 2.27. The lowest BCUT2D eigenvalue weighted by molar-refractivity contribution is 1.20. The van der Waals surface area contributed by atoms with Crippen LogP contribution < -0.4 is 5.43 Å². The molecule has 2 rings (SSSR count). The Morgan fingerprint density at radius 3 is 2.59 bits per heavy atom. The van der Waals surface area contributed by atoms with Gasteiger partial charge in [-0.15, -0.1) is 11.3 Å². The molecule has 0 amide bonds. The van der Waals surface area contributed by atoms with Crippen molar-refractivity contribution in [3.63, 3.8) is 0 Å². The number of aromatic nitrogens is 1. The number of thiazole rings is 1. The van der Waals surface area contributed by atoms with Gasteiger partial charge in [-0.05, 0) is 31.5 Å². The molecule has 0 radical (unpaired) electrons. The third kappa shape index (κ3) is 3.28. The number of benzene rings is 1. The molecule has 88 valence electrons. The Labute approximate surface area is 109 Å². The van der Waals surface area contributed by atoms with E-state index in [0.29, 0.717) is 0 Å². The molecule has 17 heavy (non-hydrogen) atoms. The molecule has 0 unspecified atom stereocenters. The highest BCUT2D eigenvalue weighted by Crippen LogP contribution is 2.20. The van der Waals surface area contributed by atoms with Crippen molar-refractivity contribution < 1.29 is 0 Å². The van der Waals surface area contributed by atoms with Crippen molar-refractivity contribution in [2.24, 2.45) is 5.10 Å². The predicted octanol–water partition coefficient (Wildman–Crippen LogP) is 3.86. The molecular weight excluding hydrogens is 254 g/mol. The molecule has 3 nitrogen and oxygen atoms in total. The molecule has 0 bridgehead atoms. The van der Waals surface area contributed by atoms with E-state index in [0.717, 1.165) is 21.4 Å². The molecule has 0 atom stereocenters. The second-order valence-electron chi connectivity index (χ2n) is 3.58. The van der Waals surface area contributed by atoms with Crippen LogP contribution in [-0.2, 0) is 0 Å². The first-order chi connectivity index (χ1) is 8.15. The standard InChI is InChI=1S/C12H12ClN3S/c1-8-9(2)17-12(15-8)16-14-7-10-3-5-11(13)6-4-10/h3-7H,1-2H3,(H,15,16). The van der Waals surface area contributed by atoms with Gasteiger partial charge in [-0.1, -0.05) is 23.7 Å². The second-order valence-corrected chi connectivity index (χ2v) is 5.22. The number of halogens is 1. The Morgan fingerprint density at radius 1 is 1.29 bits per heavy atom. The highest BCUT2D eigenvalue weighted by atomic mass is 35.5. The average molecular weight is 266 g/mol. The van der Waals surface area contributed by atoms with Gasteiger partial charge in [0, 0.05) is 9.90 Å². The van der Waals surface area contributed by atoms with Gasteiger partial charge in [0.1, 0.15) is 0 Å². The predicted molar refractivity (Wildman–Crippen MR) is 74.3 cm³/mol. The molecule has 0 spiro atoms. The molecule has 0 saturated carbocycles. The summed E-state index contributed by atoms with van der Waals surface area (Å²) in [4.78, 5) is 5.53. The summed E-state index contributed by atoms with van der Waals surface area (Å²) in [6.07, 6.45) is 1.74. The maximum absolute atomic E-state index is 5.79. The Bertz CT molecular complexity index is 512. The minimum Gasteiger partial charge on any atom is -0.253 e. The molecule has 1 aromatic heterocycles. The van der Waals surface area contributed by atoms with Crippen molar-refractivity contribution in [2.75, 3.05) is 5.43 Å². The average Bonchev–Trinajstić information content (AvgIpc) is 2.61. The van der Waals surface area contributed by atoms with Gasteiger partial charge in [0.15, 0.2) is 0 Å². The number of hydrogen-bond acceptors (Lipinski definition) is 4. The van der Waals surface area contributed by atoms with Crippen molar-refractivity contribution in [3.05, 3.63) is 45.4 Å². The van der Waals surface area contributed by atoms with Crippen LogP contribution >= 0.6 is 22.9 Å². The number of rotatable bonds is 3. The Balaban J connectivity index is 2.00. The van der Waals surface area contributed by atoms with E-state index in [1.807, 2.05) is 38.1 Å². The monoisotopic (exact) mass is 265 g/mol. The number of aryl methyl sites for hydroxylation is 2. The van der Waals surface area contributed by atoms with Gasteiger partial charge in [0.25, 0.3) is 0 Å². The first kappa shape index (κ1) is 12.1. The van der Waals surface area contributed by atoms with E-state index in [1.54, 1.807) is 17.6 Å². The van der Waals surface area contributed by atoms with E-state index in [2.05, 4.69) is 15.5 Å². The van der Waals surface area contributed by atoms with Crippen LogP contribution in [0.3, 0.4) is 0 Å². The fourth-order valence-corrected chi connectivity index (χ4v) is 2.12. The summed E-state index contributed by atoms with van der Waals surface area (Å²) in [5.41, 5.74) is 4.95. The minimum atomic E-state index is 0.723. The number of nitrogens with zero attached hydrogens (tertiary/aromatic N) is 2. The summed E-state index contributed by atoms with van der Waals surface area (Å²) in [6.45, 7) is 4.03. The first-order valence-corrected chi connectivity index (χ1v) is 6.33. The molecule has 0 aliphatic heterocycles. The molecule has 2 aromatic rings. The highest BCUT2D eigenvalue weighted by molar-refractivity contribution is 7.15. The lowest BCUT2D eigenvalue weighted by Gasteiger charge is -1.94. The largest absolute Gasteiger partial charge is 0.253 e. The molecule has 1 heterocycles. The number of nitrogens with one attached hydrogen (secondary N) is 1. The van der Waals surface area contributed by atoms with E-state index in [-0.39, 0.29) is 0 Å². The van der Waals surface area contributed by atoms with Crippen molar-refractivity contribution in [1.29, 1.82) is 0 Å². The Hall–Kier alpha value is -1.39. The lowest BCUT2D eigenvalue weighted by atomic mass is 10.2. The van der Waals surface area contributed by atoms with Crippen LogP contribution in [-0.4, -0.2) is 11.2 Å². The van der Waals surface area contributed by atoms with E-state index in [4.69, 9.17) is 11.6 Å². The van der Waals surface area contributed by atoms with Crippen LogP contribution in [0.5, 0.6) is 0 Å². The summed E-state index contributed by atoms with van der Waals surface area (Å²) < 4.78 is 0. The first-order valence-electron chi connectivity index (χ1n) is 5.14. The smallest absolute Gasteiger partial charge is 0.203 e. The third-order valence-corrected chi connectivity index (χ3v) is 3.50. The number of anilines is 1. The van der Waals surface area contributed by atoms with Crippen molar-refractivity contribution in [2.45, 2.75) is 13.8 Å². The van der Waals surface area contributed by atoms with Crippen LogP contribution in [0.2, 0.25) is 5.02 Å². The molecule has 1 aromatic carbocycles. The fourth-order valence-electron chi connectivity index (χ4n) is 1.23. The van der Waals surface area contributed by atoms with E-state index >= 15 is 0 Å². The van der Waals surface area contributed by atoms with Crippen LogP contribution in [0.4, 0.5) is 5.13 Å². The maximum atomic E-state index is 5.79. The Kier molecular flexibility index (Phi) is 3.76. The minimum absolute atomic E-state index is 0.723. The molecule has 0 fully saturated rings. The molecule has 0 saturated heterocycles. The summed E-state index contributed by atoms with van der Waals surface area (Å²) in [7, 11) is 0. The normalized spacial score (nSPS) is 11.0. The molecule has 5 heteroatoms. The zero-order valence-electron chi connectivity index (χ0n) is 9.57. The lowest BCUT2D eigenvalue weighted by Crippen LogP contribution is -1.89. The maximum Gasteiger partial charge on any atom is 0.203 e. The van der Waals surface area contributed by atoms with Gasteiger partial charge in [0.2, 0.25) is 5.13 Å². The van der Waals surface area contributed by atoms with E-state index < -0.39 is 0 Å². The zero-order chi connectivity index (χ0) is 12.3. The molecule has 1 N–H and O–H groups in total.